The molecular weight excluding hydrogens is 320 g/mol. The van der Waals surface area contributed by atoms with E-state index in [9.17, 15) is 9.90 Å². The molecule has 0 radical (unpaired) electrons. The Morgan fingerprint density at radius 1 is 1.33 bits per heavy atom. The molecule has 0 bridgehead atoms. The van der Waals surface area contributed by atoms with Crippen molar-refractivity contribution in [3.05, 3.63) is 52.2 Å². The van der Waals surface area contributed by atoms with E-state index in [4.69, 9.17) is 0 Å². The Bertz CT molecular complexity index is 657. The molecular formula is C19H24N2O2S. The molecule has 1 fully saturated rings. The summed E-state index contributed by atoms with van der Waals surface area (Å²) in [6.07, 6.45) is 2.96. The van der Waals surface area contributed by atoms with E-state index < -0.39 is 0 Å². The number of rotatable bonds is 6. The molecule has 1 aliphatic heterocycles. The van der Waals surface area contributed by atoms with Gasteiger partial charge < -0.3 is 15.3 Å². The molecule has 4 nitrogen and oxygen atoms in total. The predicted octanol–water partition coefficient (Wildman–Crippen LogP) is 3.25. The quantitative estimate of drug-likeness (QED) is 0.846. The largest absolute Gasteiger partial charge is 0.396 e. The lowest BCUT2D eigenvalue weighted by molar-refractivity contribution is 0.0621. The lowest BCUT2D eigenvalue weighted by Crippen LogP contribution is -2.40. The number of carbonyl (C=O) groups excluding carboxylic acids is 1. The lowest BCUT2D eigenvalue weighted by atomic mass is 9.98. The van der Waals surface area contributed by atoms with E-state index in [0.717, 1.165) is 43.6 Å². The number of anilines is 1. The van der Waals surface area contributed by atoms with E-state index >= 15 is 0 Å². The molecule has 128 valence electrons. The number of benzene rings is 1. The fourth-order valence-electron chi connectivity index (χ4n) is 3.13. The van der Waals surface area contributed by atoms with Gasteiger partial charge >= 0.3 is 0 Å². The number of aliphatic hydroxyl groups excluding tert-OH is 1. The van der Waals surface area contributed by atoms with Crippen molar-refractivity contribution in [3.8, 4) is 0 Å². The van der Waals surface area contributed by atoms with Crippen LogP contribution in [0.2, 0.25) is 0 Å². The zero-order valence-corrected chi connectivity index (χ0v) is 14.6. The summed E-state index contributed by atoms with van der Waals surface area (Å²) >= 11 is 1.77. The van der Waals surface area contributed by atoms with Gasteiger partial charge in [0.25, 0.3) is 5.91 Å². The molecule has 2 heterocycles. The number of hydrogen-bond acceptors (Lipinski definition) is 4. The van der Waals surface area contributed by atoms with Gasteiger partial charge in [0.05, 0.1) is 0 Å². The molecule has 1 saturated heterocycles. The van der Waals surface area contributed by atoms with Crippen molar-refractivity contribution in [2.75, 3.05) is 31.6 Å². The summed E-state index contributed by atoms with van der Waals surface area (Å²) in [6, 6.07) is 11.9. The summed E-state index contributed by atoms with van der Waals surface area (Å²) in [5.41, 5.74) is 1.70. The van der Waals surface area contributed by atoms with Gasteiger partial charge in [-0.3, -0.25) is 4.79 Å². The summed E-state index contributed by atoms with van der Waals surface area (Å²) in [5.74, 6) is 0.282. The van der Waals surface area contributed by atoms with E-state index in [-0.39, 0.29) is 18.4 Å². The van der Waals surface area contributed by atoms with Crippen LogP contribution in [0.1, 0.15) is 28.1 Å². The highest BCUT2D eigenvalue weighted by atomic mass is 32.1. The number of aliphatic hydroxyl groups is 1. The molecule has 0 spiro atoms. The van der Waals surface area contributed by atoms with Gasteiger partial charge in [-0.15, -0.1) is 11.3 Å². The summed E-state index contributed by atoms with van der Waals surface area (Å²) < 4.78 is 0. The topological polar surface area (TPSA) is 52.6 Å². The molecule has 1 aromatic carbocycles. The molecule has 1 unspecified atom stereocenters. The first kappa shape index (κ1) is 17.0. The van der Waals surface area contributed by atoms with E-state index in [1.165, 1.54) is 4.88 Å². The highest BCUT2D eigenvalue weighted by Crippen LogP contribution is 2.20. The zero-order valence-electron chi connectivity index (χ0n) is 13.8. The molecule has 1 aromatic heterocycles. The maximum Gasteiger partial charge on any atom is 0.253 e. The Morgan fingerprint density at radius 3 is 3.04 bits per heavy atom. The number of hydrogen-bond donors (Lipinski definition) is 2. The summed E-state index contributed by atoms with van der Waals surface area (Å²) in [4.78, 5) is 15.9. The van der Waals surface area contributed by atoms with E-state index in [1.807, 2.05) is 29.2 Å². The minimum Gasteiger partial charge on any atom is -0.396 e. The van der Waals surface area contributed by atoms with Gasteiger partial charge in [-0.2, -0.15) is 0 Å². The Hall–Kier alpha value is -1.85. The van der Waals surface area contributed by atoms with Gasteiger partial charge in [-0.05, 0) is 54.8 Å². The monoisotopic (exact) mass is 344 g/mol. The van der Waals surface area contributed by atoms with Crippen LogP contribution >= 0.6 is 11.3 Å². The second kappa shape index (κ2) is 8.31. The average molecular weight is 344 g/mol. The Kier molecular flexibility index (Phi) is 5.88. The highest BCUT2D eigenvalue weighted by molar-refractivity contribution is 7.09. The maximum absolute atomic E-state index is 12.7. The fraction of sp³-hybridized carbons (Fsp3) is 0.421. The Balaban J connectivity index is 1.58. The van der Waals surface area contributed by atoms with Gasteiger partial charge in [0.2, 0.25) is 0 Å². The maximum atomic E-state index is 12.7. The number of thiophene rings is 1. The first-order valence-corrected chi connectivity index (χ1v) is 9.40. The van der Waals surface area contributed by atoms with Crippen LogP contribution in [0, 0.1) is 5.92 Å². The van der Waals surface area contributed by atoms with Crippen LogP contribution in [0.15, 0.2) is 41.8 Å². The van der Waals surface area contributed by atoms with Crippen molar-refractivity contribution >= 4 is 22.9 Å². The van der Waals surface area contributed by atoms with Gasteiger partial charge in [-0.1, -0.05) is 12.1 Å². The van der Waals surface area contributed by atoms with Crippen molar-refractivity contribution < 1.29 is 9.90 Å². The number of nitrogens with zero attached hydrogens (tertiary/aromatic N) is 1. The second-order valence-corrected chi connectivity index (χ2v) is 7.31. The SMILES string of the molecule is O=C(c1cccc(NCCc2cccs2)c1)N1CCCC(CO)C1. The minimum atomic E-state index is 0.0649. The molecule has 5 heteroatoms. The van der Waals surface area contributed by atoms with Gasteiger partial charge in [-0.25, -0.2) is 0 Å². The third-order valence-electron chi connectivity index (χ3n) is 4.45. The van der Waals surface area contributed by atoms with E-state index in [1.54, 1.807) is 11.3 Å². The molecule has 0 saturated carbocycles. The van der Waals surface area contributed by atoms with Crippen LogP contribution in [0.25, 0.3) is 0 Å². The normalized spacial score (nSPS) is 17.7. The van der Waals surface area contributed by atoms with Gasteiger partial charge in [0.15, 0.2) is 0 Å². The predicted molar refractivity (Wildman–Crippen MR) is 98.7 cm³/mol. The minimum absolute atomic E-state index is 0.0649. The van der Waals surface area contributed by atoms with Gasteiger partial charge in [0.1, 0.15) is 0 Å². The number of carbonyl (C=O) groups is 1. The molecule has 1 atom stereocenters. The first-order valence-electron chi connectivity index (χ1n) is 8.52. The number of amides is 1. The van der Waals surface area contributed by atoms with Crippen LogP contribution in [0.3, 0.4) is 0 Å². The molecule has 1 aliphatic rings. The van der Waals surface area contributed by atoms with Crippen LogP contribution < -0.4 is 5.32 Å². The highest BCUT2D eigenvalue weighted by Gasteiger charge is 2.24. The van der Waals surface area contributed by atoms with Crippen LogP contribution in [0.4, 0.5) is 5.69 Å². The van der Waals surface area contributed by atoms with Crippen molar-refractivity contribution in [1.82, 2.24) is 4.90 Å². The standard InChI is InChI=1S/C19H24N2O2S/c22-14-15-4-2-10-21(13-15)19(23)16-5-1-6-17(12-16)20-9-8-18-7-3-11-24-18/h1,3,5-7,11-12,15,20,22H,2,4,8-10,13-14H2. The summed E-state index contributed by atoms with van der Waals surface area (Å²) in [5, 5.41) is 14.8. The van der Waals surface area contributed by atoms with Crippen LogP contribution in [-0.2, 0) is 6.42 Å². The summed E-state index contributed by atoms with van der Waals surface area (Å²) in [7, 11) is 0. The number of likely N-dealkylation sites (tertiary alicyclic amines) is 1. The van der Waals surface area contributed by atoms with E-state index in [0.29, 0.717) is 6.54 Å². The lowest BCUT2D eigenvalue weighted by Gasteiger charge is -2.32. The second-order valence-electron chi connectivity index (χ2n) is 6.28. The Morgan fingerprint density at radius 2 is 2.25 bits per heavy atom. The average Bonchev–Trinajstić information content (AvgIpc) is 3.15. The van der Waals surface area contributed by atoms with Crippen molar-refractivity contribution in [3.63, 3.8) is 0 Å². The molecule has 0 aliphatic carbocycles. The zero-order chi connectivity index (χ0) is 16.8. The molecule has 1 amide bonds. The number of nitrogens with one attached hydrogen (secondary N) is 1. The Labute approximate surface area is 147 Å². The van der Waals surface area contributed by atoms with Crippen LogP contribution in [-0.4, -0.2) is 42.2 Å². The third-order valence-corrected chi connectivity index (χ3v) is 5.39. The first-order chi connectivity index (χ1) is 11.8. The summed E-state index contributed by atoms with van der Waals surface area (Å²) in [6.45, 7) is 2.46. The van der Waals surface area contributed by atoms with Crippen LogP contribution in [0.5, 0.6) is 0 Å². The fourth-order valence-corrected chi connectivity index (χ4v) is 3.84. The van der Waals surface area contributed by atoms with E-state index in [2.05, 4.69) is 22.8 Å². The third kappa shape index (κ3) is 4.36. The van der Waals surface area contributed by atoms with Crippen molar-refractivity contribution in [2.24, 2.45) is 5.92 Å². The molecule has 2 aromatic rings. The smallest absolute Gasteiger partial charge is 0.253 e. The van der Waals surface area contributed by atoms with Crippen molar-refractivity contribution in [2.45, 2.75) is 19.3 Å². The van der Waals surface area contributed by atoms with Crippen molar-refractivity contribution in [1.29, 1.82) is 0 Å². The number of piperidine rings is 1. The molecule has 24 heavy (non-hydrogen) atoms. The van der Waals surface area contributed by atoms with Gasteiger partial charge in [0, 0.05) is 42.4 Å². The molecule has 2 N–H and O–H groups in total. The molecule has 3 rings (SSSR count).